The molecule has 1 aliphatic heterocycles. The molecular weight excluding hydrogens is 310 g/mol. The van der Waals surface area contributed by atoms with Gasteiger partial charge in [-0.2, -0.15) is 0 Å². The Balaban J connectivity index is 0.00000161. The van der Waals surface area contributed by atoms with Crippen molar-refractivity contribution in [1.29, 1.82) is 0 Å². The van der Waals surface area contributed by atoms with E-state index < -0.39 is 0 Å². The third-order valence-corrected chi connectivity index (χ3v) is 4.30. The van der Waals surface area contributed by atoms with Crippen molar-refractivity contribution in [3.8, 4) is 10.8 Å². The summed E-state index contributed by atoms with van der Waals surface area (Å²) in [5.41, 5.74) is 0.760. The van der Waals surface area contributed by atoms with Gasteiger partial charge in [-0.15, -0.1) is 23.7 Å². The molecule has 2 aromatic rings. The molecule has 0 aliphatic carbocycles. The van der Waals surface area contributed by atoms with Gasteiger partial charge < -0.3 is 15.1 Å². The molecule has 3 heterocycles. The average Bonchev–Trinajstić information content (AvgIpc) is 3.16. The lowest BCUT2D eigenvalue weighted by Gasteiger charge is -2.21. The number of carbonyl (C=O) groups excluding carboxylic acids is 1. The summed E-state index contributed by atoms with van der Waals surface area (Å²) in [5, 5.41) is 8.18. The molecule has 0 atom stereocenters. The van der Waals surface area contributed by atoms with Gasteiger partial charge in [0, 0.05) is 5.92 Å². The Morgan fingerprint density at radius 2 is 2.29 bits per heavy atom. The zero-order valence-electron chi connectivity index (χ0n) is 11.5. The molecule has 0 unspecified atom stereocenters. The standard InChI is InChI=1S/C14H17N3O2S.ClH/c18-13(10-3-5-15-6-4-10)16-8-11-9-19-14(17-11)12-2-1-7-20-12;/h1-2,7,9-10,15H,3-6,8H2,(H,16,18);1H. The van der Waals surface area contributed by atoms with E-state index in [0.29, 0.717) is 12.4 Å². The van der Waals surface area contributed by atoms with Gasteiger partial charge in [0.15, 0.2) is 0 Å². The summed E-state index contributed by atoms with van der Waals surface area (Å²) >= 11 is 1.59. The van der Waals surface area contributed by atoms with Crippen LogP contribution in [-0.2, 0) is 11.3 Å². The summed E-state index contributed by atoms with van der Waals surface area (Å²) in [4.78, 5) is 17.4. The molecule has 0 saturated carbocycles. The first-order chi connectivity index (χ1) is 9.83. The van der Waals surface area contributed by atoms with Gasteiger partial charge in [-0.25, -0.2) is 4.98 Å². The summed E-state index contributed by atoms with van der Waals surface area (Å²) in [6.45, 7) is 2.27. The van der Waals surface area contributed by atoms with Crippen LogP contribution in [0.4, 0.5) is 0 Å². The maximum absolute atomic E-state index is 12.0. The molecule has 21 heavy (non-hydrogen) atoms. The number of hydrogen-bond donors (Lipinski definition) is 2. The Kier molecular flexibility index (Phi) is 5.78. The van der Waals surface area contributed by atoms with Gasteiger partial charge in [0.2, 0.25) is 11.8 Å². The Hall–Kier alpha value is -1.37. The fourth-order valence-corrected chi connectivity index (χ4v) is 2.96. The zero-order valence-corrected chi connectivity index (χ0v) is 13.1. The van der Waals surface area contributed by atoms with Crippen molar-refractivity contribution in [2.24, 2.45) is 5.92 Å². The van der Waals surface area contributed by atoms with Crippen LogP contribution < -0.4 is 10.6 Å². The normalized spacial score (nSPS) is 15.4. The first kappa shape index (κ1) is 16.0. The number of oxazole rings is 1. The Morgan fingerprint density at radius 3 is 3.00 bits per heavy atom. The predicted molar refractivity (Wildman–Crippen MR) is 84.5 cm³/mol. The smallest absolute Gasteiger partial charge is 0.236 e. The Bertz CT molecular complexity index is 565. The molecule has 7 heteroatoms. The number of carbonyl (C=O) groups is 1. The van der Waals surface area contributed by atoms with E-state index in [-0.39, 0.29) is 24.2 Å². The number of rotatable bonds is 4. The van der Waals surface area contributed by atoms with Crippen molar-refractivity contribution < 1.29 is 9.21 Å². The summed E-state index contributed by atoms with van der Waals surface area (Å²) in [6, 6.07) is 3.93. The van der Waals surface area contributed by atoms with Crippen molar-refractivity contribution in [3.05, 3.63) is 29.5 Å². The maximum atomic E-state index is 12.0. The van der Waals surface area contributed by atoms with Crippen LogP contribution >= 0.6 is 23.7 Å². The number of nitrogens with one attached hydrogen (secondary N) is 2. The van der Waals surface area contributed by atoms with Crippen LogP contribution in [0.1, 0.15) is 18.5 Å². The van der Waals surface area contributed by atoms with Crippen LogP contribution in [0.25, 0.3) is 10.8 Å². The molecule has 114 valence electrons. The molecule has 0 aromatic carbocycles. The number of amides is 1. The molecule has 0 spiro atoms. The quantitative estimate of drug-likeness (QED) is 0.905. The minimum absolute atomic E-state index is 0. The Morgan fingerprint density at radius 1 is 1.48 bits per heavy atom. The van der Waals surface area contributed by atoms with E-state index in [1.165, 1.54) is 0 Å². The van der Waals surface area contributed by atoms with E-state index >= 15 is 0 Å². The number of aromatic nitrogens is 1. The molecule has 1 saturated heterocycles. The van der Waals surface area contributed by atoms with E-state index in [4.69, 9.17) is 4.42 Å². The van der Waals surface area contributed by atoms with Crippen LogP contribution in [0.2, 0.25) is 0 Å². The van der Waals surface area contributed by atoms with Crippen molar-refractivity contribution in [2.45, 2.75) is 19.4 Å². The monoisotopic (exact) mass is 327 g/mol. The average molecular weight is 328 g/mol. The van der Waals surface area contributed by atoms with E-state index in [1.54, 1.807) is 17.6 Å². The number of thiophene rings is 1. The molecule has 1 amide bonds. The summed E-state index contributed by atoms with van der Waals surface area (Å²) in [5.74, 6) is 0.859. The van der Waals surface area contributed by atoms with E-state index in [1.807, 2.05) is 17.5 Å². The third-order valence-electron chi connectivity index (χ3n) is 3.44. The first-order valence-electron chi connectivity index (χ1n) is 6.79. The van der Waals surface area contributed by atoms with Crippen LogP contribution in [0.15, 0.2) is 28.2 Å². The molecule has 5 nitrogen and oxygen atoms in total. The van der Waals surface area contributed by atoms with E-state index in [2.05, 4.69) is 15.6 Å². The van der Waals surface area contributed by atoms with Crippen molar-refractivity contribution in [3.63, 3.8) is 0 Å². The SMILES string of the molecule is Cl.O=C(NCc1coc(-c2cccs2)n1)C1CCNCC1. The largest absolute Gasteiger partial charge is 0.443 e. The second-order valence-electron chi connectivity index (χ2n) is 4.86. The van der Waals surface area contributed by atoms with Crippen molar-refractivity contribution in [2.75, 3.05) is 13.1 Å². The van der Waals surface area contributed by atoms with Crippen LogP contribution in [-0.4, -0.2) is 24.0 Å². The van der Waals surface area contributed by atoms with Gasteiger partial charge in [0.25, 0.3) is 0 Å². The highest BCUT2D eigenvalue weighted by Crippen LogP contribution is 2.23. The van der Waals surface area contributed by atoms with Crippen molar-refractivity contribution >= 4 is 29.7 Å². The van der Waals surface area contributed by atoms with Gasteiger partial charge in [-0.05, 0) is 37.4 Å². The second kappa shape index (κ2) is 7.59. The summed E-state index contributed by atoms with van der Waals surface area (Å²) in [7, 11) is 0. The molecule has 2 aromatic heterocycles. The second-order valence-corrected chi connectivity index (χ2v) is 5.81. The highest BCUT2D eigenvalue weighted by molar-refractivity contribution is 7.13. The Labute approximate surface area is 133 Å². The van der Waals surface area contributed by atoms with E-state index in [9.17, 15) is 4.79 Å². The third kappa shape index (κ3) is 4.06. The van der Waals surface area contributed by atoms with E-state index in [0.717, 1.165) is 36.5 Å². The molecule has 0 radical (unpaired) electrons. The van der Waals surface area contributed by atoms with Gasteiger partial charge in [-0.1, -0.05) is 6.07 Å². The molecule has 1 fully saturated rings. The summed E-state index contributed by atoms with van der Waals surface area (Å²) in [6.07, 6.45) is 3.42. The highest BCUT2D eigenvalue weighted by Gasteiger charge is 2.20. The van der Waals surface area contributed by atoms with Gasteiger partial charge >= 0.3 is 0 Å². The highest BCUT2D eigenvalue weighted by atomic mass is 35.5. The van der Waals surface area contributed by atoms with Gasteiger partial charge in [0.05, 0.1) is 17.1 Å². The lowest BCUT2D eigenvalue weighted by molar-refractivity contribution is -0.125. The molecule has 1 aliphatic rings. The molecular formula is C14H18ClN3O2S. The number of piperidine rings is 1. The van der Waals surface area contributed by atoms with Crippen LogP contribution in [0.5, 0.6) is 0 Å². The minimum atomic E-state index is 0. The number of halogens is 1. The number of hydrogen-bond acceptors (Lipinski definition) is 5. The van der Waals surface area contributed by atoms with Crippen LogP contribution in [0.3, 0.4) is 0 Å². The van der Waals surface area contributed by atoms with Gasteiger partial charge in [-0.3, -0.25) is 4.79 Å². The predicted octanol–water partition coefficient (Wildman–Crippen LogP) is 2.44. The minimum Gasteiger partial charge on any atom is -0.443 e. The lowest BCUT2D eigenvalue weighted by Crippen LogP contribution is -2.37. The topological polar surface area (TPSA) is 67.2 Å². The molecule has 2 N–H and O–H groups in total. The zero-order chi connectivity index (χ0) is 13.8. The van der Waals surface area contributed by atoms with Gasteiger partial charge in [0.1, 0.15) is 6.26 Å². The first-order valence-corrected chi connectivity index (χ1v) is 7.67. The summed E-state index contributed by atoms with van der Waals surface area (Å²) < 4.78 is 5.42. The number of nitrogens with zero attached hydrogens (tertiary/aromatic N) is 1. The maximum Gasteiger partial charge on any atom is 0.236 e. The lowest BCUT2D eigenvalue weighted by atomic mass is 9.97. The molecule has 3 rings (SSSR count). The fourth-order valence-electron chi connectivity index (χ4n) is 2.31. The molecule has 0 bridgehead atoms. The van der Waals surface area contributed by atoms with Crippen LogP contribution in [0, 0.1) is 5.92 Å². The fraction of sp³-hybridized carbons (Fsp3) is 0.429. The van der Waals surface area contributed by atoms with Crippen molar-refractivity contribution in [1.82, 2.24) is 15.6 Å².